The van der Waals surface area contributed by atoms with E-state index in [-0.39, 0.29) is 0 Å². The molecule has 0 spiro atoms. The lowest BCUT2D eigenvalue weighted by Crippen LogP contribution is -2.12. The molecule has 0 aliphatic carbocycles. The first kappa shape index (κ1) is 29.7. The molecule has 8 aromatic rings. The van der Waals surface area contributed by atoms with Crippen LogP contribution in [0.3, 0.4) is 0 Å². The normalized spacial score (nSPS) is 10.9. The van der Waals surface area contributed by atoms with Crippen LogP contribution in [0.5, 0.6) is 0 Å². The summed E-state index contributed by atoms with van der Waals surface area (Å²) in [6.07, 6.45) is 0. The molecule has 49 heavy (non-hydrogen) atoms. The fraction of sp³-hybridized carbons (Fsp3) is 0. The highest BCUT2D eigenvalue weighted by atomic mass is 16.4. The largest absolute Gasteiger partial charge is 0.416 e. The van der Waals surface area contributed by atoms with Gasteiger partial charge in [0.25, 0.3) is 0 Å². The summed E-state index contributed by atoms with van der Waals surface area (Å²) in [5, 5.41) is 8.59. The van der Waals surface area contributed by atoms with Gasteiger partial charge in [0.1, 0.15) is 0 Å². The van der Waals surface area contributed by atoms with Gasteiger partial charge < -0.3 is 14.2 Å². The van der Waals surface area contributed by atoms with Crippen LogP contribution in [0.4, 0.5) is 34.1 Å². The summed E-state index contributed by atoms with van der Waals surface area (Å²) in [4.78, 5) is 4.55. The minimum absolute atomic E-state index is 0.485. The summed E-state index contributed by atoms with van der Waals surface area (Å²) < 4.78 is 6.03. The maximum Gasteiger partial charge on any atom is 0.248 e. The Kier molecular flexibility index (Phi) is 8.21. The molecular weight excluding hydrogens is 601 g/mol. The lowest BCUT2D eigenvalue weighted by molar-refractivity contribution is 0.584. The molecule has 0 bridgehead atoms. The predicted octanol–water partition coefficient (Wildman–Crippen LogP) is 12.0. The zero-order valence-electron chi connectivity index (χ0n) is 26.7. The maximum atomic E-state index is 6.03. The third kappa shape index (κ3) is 6.33. The summed E-state index contributed by atoms with van der Waals surface area (Å²) in [6.45, 7) is 0. The van der Waals surface area contributed by atoms with Crippen molar-refractivity contribution in [2.45, 2.75) is 0 Å². The van der Waals surface area contributed by atoms with Gasteiger partial charge in [0.2, 0.25) is 11.8 Å². The monoisotopic (exact) mass is 632 g/mol. The lowest BCUT2D eigenvalue weighted by atomic mass is 10.0. The van der Waals surface area contributed by atoms with Crippen molar-refractivity contribution in [1.29, 1.82) is 0 Å². The molecule has 1 aromatic heterocycles. The van der Waals surface area contributed by atoms with Crippen LogP contribution in [0, 0.1) is 0 Å². The van der Waals surface area contributed by atoms with E-state index in [9.17, 15) is 0 Å². The van der Waals surface area contributed by atoms with E-state index in [0.717, 1.165) is 45.3 Å². The SMILES string of the molecule is c1ccc(-c2cccc(N(c3ccccc3)c3ccc(N(c4ccccc4)c4ccc(-c5nnc(-c6ccccc6)o5)cc4)cc3)c2)cc1. The molecule has 234 valence electrons. The Bertz CT molecular complexity index is 2250. The van der Waals surface area contributed by atoms with Crippen LogP contribution in [0.2, 0.25) is 0 Å². The summed E-state index contributed by atoms with van der Waals surface area (Å²) in [5.74, 6) is 0.986. The van der Waals surface area contributed by atoms with Crippen LogP contribution in [0.25, 0.3) is 34.0 Å². The van der Waals surface area contributed by atoms with E-state index in [2.05, 4.69) is 160 Å². The Morgan fingerprint density at radius 2 is 0.633 bits per heavy atom. The van der Waals surface area contributed by atoms with Gasteiger partial charge in [0.15, 0.2) is 0 Å². The van der Waals surface area contributed by atoms with Crippen molar-refractivity contribution in [3.63, 3.8) is 0 Å². The van der Waals surface area contributed by atoms with E-state index < -0.39 is 0 Å². The molecule has 0 atom stereocenters. The average molecular weight is 633 g/mol. The second-order valence-electron chi connectivity index (χ2n) is 11.6. The van der Waals surface area contributed by atoms with Gasteiger partial charge in [-0.3, -0.25) is 0 Å². The fourth-order valence-corrected chi connectivity index (χ4v) is 6.04. The maximum absolute atomic E-state index is 6.03. The quantitative estimate of drug-likeness (QED) is 0.158. The number of para-hydroxylation sites is 2. The first-order chi connectivity index (χ1) is 24.3. The molecule has 5 nitrogen and oxygen atoms in total. The molecule has 0 unspecified atom stereocenters. The van der Waals surface area contributed by atoms with E-state index in [1.807, 2.05) is 54.6 Å². The molecule has 0 aliphatic heterocycles. The minimum atomic E-state index is 0.485. The Labute approximate surface area is 286 Å². The molecule has 0 saturated heterocycles. The Hall–Kier alpha value is -6.72. The van der Waals surface area contributed by atoms with E-state index in [1.165, 1.54) is 11.1 Å². The third-order valence-electron chi connectivity index (χ3n) is 8.42. The number of hydrogen-bond acceptors (Lipinski definition) is 5. The van der Waals surface area contributed by atoms with Gasteiger partial charge in [-0.1, -0.05) is 97.1 Å². The van der Waals surface area contributed by atoms with E-state index in [0.29, 0.717) is 11.8 Å². The van der Waals surface area contributed by atoms with E-state index in [1.54, 1.807) is 0 Å². The first-order valence-electron chi connectivity index (χ1n) is 16.3. The summed E-state index contributed by atoms with van der Waals surface area (Å²) in [6, 6.07) is 66.9. The fourth-order valence-electron chi connectivity index (χ4n) is 6.04. The van der Waals surface area contributed by atoms with Crippen molar-refractivity contribution in [2.24, 2.45) is 0 Å². The molecule has 0 radical (unpaired) electrons. The standard InChI is InChI=1S/C44H32N4O/c1-5-14-33(15-6-1)36-18-13-23-42(32-36)48(38-21-11-4-12-22-38)41-30-28-40(29-31-41)47(37-19-9-3-10-20-37)39-26-24-35(25-27-39)44-46-45-43(49-44)34-16-7-2-8-17-34/h1-32H. The number of nitrogens with zero attached hydrogens (tertiary/aromatic N) is 4. The zero-order valence-corrected chi connectivity index (χ0v) is 26.7. The van der Waals surface area contributed by atoms with Crippen molar-refractivity contribution >= 4 is 34.1 Å². The van der Waals surface area contributed by atoms with Gasteiger partial charge >= 0.3 is 0 Å². The first-order valence-corrected chi connectivity index (χ1v) is 16.3. The van der Waals surface area contributed by atoms with Gasteiger partial charge in [0, 0.05) is 45.3 Å². The second kappa shape index (κ2) is 13.6. The van der Waals surface area contributed by atoms with Crippen LogP contribution in [-0.2, 0) is 0 Å². The van der Waals surface area contributed by atoms with Crippen molar-refractivity contribution < 1.29 is 4.42 Å². The van der Waals surface area contributed by atoms with Crippen LogP contribution in [0.15, 0.2) is 199 Å². The van der Waals surface area contributed by atoms with Gasteiger partial charge in [-0.2, -0.15) is 0 Å². The highest BCUT2D eigenvalue weighted by Crippen LogP contribution is 2.40. The van der Waals surface area contributed by atoms with E-state index >= 15 is 0 Å². The zero-order chi connectivity index (χ0) is 32.8. The minimum Gasteiger partial charge on any atom is -0.416 e. The topological polar surface area (TPSA) is 45.4 Å². The molecule has 1 heterocycles. The van der Waals surface area contributed by atoms with Crippen LogP contribution in [0.1, 0.15) is 0 Å². The average Bonchev–Trinajstić information content (AvgIpc) is 3.69. The van der Waals surface area contributed by atoms with Gasteiger partial charge in [-0.25, -0.2) is 0 Å². The van der Waals surface area contributed by atoms with Gasteiger partial charge in [-0.15, -0.1) is 10.2 Å². The molecule has 0 N–H and O–H groups in total. The van der Waals surface area contributed by atoms with E-state index in [4.69, 9.17) is 4.42 Å². The lowest BCUT2D eigenvalue weighted by Gasteiger charge is -2.28. The molecule has 5 heteroatoms. The Morgan fingerprint density at radius 3 is 1.14 bits per heavy atom. The van der Waals surface area contributed by atoms with Crippen LogP contribution < -0.4 is 9.80 Å². The number of benzene rings is 7. The van der Waals surface area contributed by atoms with Crippen LogP contribution >= 0.6 is 0 Å². The van der Waals surface area contributed by atoms with Crippen LogP contribution in [-0.4, -0.2) is 10.2 Å². The molecule has 8 rings (SSSR count). The molecular formula is C44H32N4O. The van der Waals surface area contributed by atoms with Crippen molar-refractivity contribution in [2.75, 3.05) is 9.80 Å². The highest BCUT2D eigenvalue weighted by Gasteiger charge is 2.17. The van der Waals surface area contributed by atoms with Crippen molar-refractivity contribution in [3.05, 3.63) is 194 Å². The molecule has 0 fully saturated rings. The number of anilines is 6. The second-order valence-corrected chi connectivity index (χ2v) is 11.6. The Morgan fingerprint density at radius 1 is 0.286 bits per heavy atom. The van der Waals surface area contributed by atoms with Gasteiger partial charge in [0.05, 0.1) is 0 Å². The third-order valence-corrected chi connectivity index (χ3v) is 8.42. The molecule has 0 aliphatic rings. The highest BCUT2D eigenvalue weighted by molar-refractivity contribution is 5.83. The van der Waals surface area contributed by atoms with Crippen molar-refractivity contribution in [3.8, 4) is 34.0 Å². The van der Waals surface area contributed by atoms with Gasteiger partial charge in [-0.05, 0) is 108 Å². The number of hydrogen-bond donors (Lipinski definition) is 0. The Balaban J connectivity index is 1.13. The number of rotatable bonds is 9. The summed E-state index contributed by atoms with van der Waals surface area (Å²) in [5.41, 5.74) is 10.5. The summed E-state index contributed by atoms with van der Waals surface area (Å²) in [7, 11) is 0. The van der Waals surface area contributed by atoms with Crippen molar-refractivity contribution in [1.82, 2.24) is 10.2 Å². The summed E-state index contributed by atoms with van der Waals surface area (Å²) >= 11 is 0. The number of aromatic nitrogens is 2. The molecule has 0 saturated carbocycles. The molecule has 0 amide bonds. The smallest absolute Gasteiger partial charge is 0.248 e. The predicted molar refractivity (Wildman–Crippen MR) is 200 cm³/mol. The molecule has 7 aromatic carbocycles.